The molecule has 2 rings (SSSR count). The number of ether oxygens (including phenoxy) is 1. The number of rotatable bonds is 5. The van der Waals surface area contributed by atoms with E-state index in [9.17, 15) is 10.1 Å². The monoisotopic (exact) mass is 320 g/mol. The summed E-state index contributed by atoms with van der Waals surface area (Å²) in [7, 11) is 0. The van der Waals surface area contributed by atoms with Crippen molar-refractivity contribution in [2.75, 3.05) is 52.5 Å². The van der Waals surface area contributed by atoms with E-state index in [0.29, 0.717) is 18.4 Å². The van der Waals surface area contributed by atoms with Crippen LogP contribution in [0, 0.1) is 23.2 Å². The normalized spacial score (nSPS) is 26.7. The molecule has 2 atom stereocenters. The largest absolute Gasteiger partial charge is 0.379 e. The second kappa shape index (κ2) is 8.90. The minimum Gasteiger partial charge on any atom is -0.379 e. The zero-order valence-electron chi connectivity index (χ0n) is 14.3. The van der Waals surface area contributed by atoms with E-state index in [2.05, 4.69) is 29.0 Å². The van der Waals surface area contributed by atoms with Crippen LogP contribution in [0.25, 0.3) is 0 Å². The van der Waals surface area contributed by atoms with Gasteiger partial charge in [0.1, 0.15) is 11.6 Å². The molecule has 2 aliphatic heterocycles. The van der Waals surface area contributed by atoms with Gasteiger partial charge in [0.2, 0.25) is 0 Å². The van der Waals surface area contributed by atoms with Crippen LogP contribution in [0.3, 0.4) is 0 Å². The van der Waals surface area contributed by atoms with Gasteiger partial charge in [-0.1, -0.05) is 13.8 Å². The minimum atomic E-state index is -0.272. The van der Waals surface area contributed by atoms with E-state index in [-0.39, 0.29) is 11.5 Å². The maximum Gasteiger partial charge on any atom is 0.263 e. The Balaban J connectivity index is 1.80. The Hall–Kier alpha value is -1.58. The Morgan fingerprint density at radius 2 is 1.96 bits per heavy atom. The molecule has 0 aromatic carbocycles. The van der Waals surface area contributed by atoms with E-state index in [1.165, 1.54) is 6.42 Å². The molecular weight excluding hydrogens is 292 g/mol. The number of likely N-dealkylation sites (tertiary alicyclic amines) is 1. The zero-order chi connectivity index (χ0) is 16.7. The number of carbonyl (C=O) groups excluding carboxylic acids is 1. The van der Waals surface area contributed by atoms with Crippen LogP contribution in [-0.2, 0) is 9.53 Å². The number of carbonyl (C=O) groups is 1. The van der Waals surface area contributed by atoms with Gasteiger partial charge in [0.25, 0.3) is 5.91 Å². The molecule has 6 heteroatoms. The van der Waals surface area contributed by atoms with Gasteiger partial charge in [0, 0.05) is 45.5 Å². The van der Waals surface area contributed by atoms with E-state index in [4.69, 9.17) is 4.74 Å². The van der Waals surface area contributed by atoms with Crippen LogP contribution in [0.4, 0.5) is 0 Å². The maximum absolute atomic E-state index is 12.2. The maximum atomic E-state index is 12.2. The molecule has 2 heterocycles. The molecule has 0 bridgehead atoms. The van der Waals surface area contributed by atoms with E-state index in [0.717, 1.165) is 45.9 Å². The summed E-state index contributed by atoms with van der Waals surface area (Å²) >= 11 is 0. The average Bonchev–Trinajstić information content (AvgIpc) is 2.52. The molecule has 0 aromatic heterocycles. The molecule has 2 unspecified atom stereocenters. The fourth-order valence-electron chi connectivity index (χ4n) is 3.38. The standard InChI is InChI=1S/C17H28N4O2/c1-14-9-15(2)12-21(11-14)13-16(10-18)17(22)19-3-4-20-5-7-23-8-6-20/h13-15H,3-9,11-12H2,1-2H3,(H,19,22)/b16-13-. The number of piperidine rings is 1. The van der Waals surface area contributed by atoms with E-state index in [1.54, 1.807) is 6.20 Å². The van der Waals surface area contributed by atoms with Crippen molar-refractivity contribution >= 4 is 5.91 Å². The predicted molar refractivity (Wildman–Crippen MR) is 88.5 cm³/mol. The minimum absolute atomic E-state index is 0.202. The molecule has 1 amide bonds. The third-order valence-corrected chi connectivity index (χ3v) is 4.39. The van der Waals surface area contributed by atoms with Crippen LogP contribution < -0.4 is 5.32 Å². The van der Waals surface area contributed by atoms with E-state index in [1.807, 2.05) is 6.07 Å². The van der Waals surface area contributed by atoms with Gasteiger partial charge in [-0.05, 0) is 18.3 Å². The van der Waals surface area contributed by atoms with E-state index < -0.39 is 0 Å². The smallest absolute Gasteiger partial charge is 0.263 e. The Labute approximate surface area is 139 Å². The number of amides is 1. The molecule has 0 saturated carbocycles. The first-order valence-electron chi connectivity index (χ1n) is 8.52. The van der Waals surface area contributed by atoms with Gasteiger partial charge >= 0.3 is 0 Å². The number of nitriles is 1. The molecule has 128 valence electrons. The molecule has 1 N–H and O–H groups in total. The fourth-order valence-corrected chi connectivity index (χ4v) is 3.38. The summed E-state index contributed by atoms with van der Waals surface area (Å²) in [4.78, 5) is 16.5. The number of nitrogens with zero attached hydrogens (tertiary/aromatic N) is 3. The van der Waals surface area contributed by atoms with Crippen LogP contribution >= 0.6 is 0 Å². The summed E-state index contributed by atoms with van der Waals surface area (Å²) in [5, 5.41) is 12.1. The first-order valence-corrected chi connectivity index (χ1v) is 8.52. The van der Waals surface area contributed by atoms with Gasteiger partial charge < -0.3 is 15.0 Å². The lowest BCUT2D eigenvalue weighted by molar-refractivity contribution is -0.117. The highest BCUT2D eigenvalue weighted by Gasteiger charge is 2.21. The van der Waals surface area contributed by atoms with E-state index >= 15 is 0 Å². The summed E-state index contributed by atoms with van der Waals surface area (Å²) < 4.78 is 5.30. The van der Waals surface area contributed by atoms with Crippen molar-refractivity contribution in [3.8, 4) is 6.07 Å². The van der Waals surface area contributed by atoms with Gasteiger partial charge in [-0.3, -0.25) is 9.69 Å². The van der Waals surface area contributed by atoms with Crippen LogP contribution in [-0.4, -0.2) is 68.2 Å². The average molecular weight is 320 g/mol. The number of morpholine rings is 1. The summed E-state index contributed by atoms with van der Waals surface area (Å²) in [5.41, 5.74) is 0.202. The molecule has 2 aliphatic rings. The number of hydrogen-bond donors (Lipinski definition) is 1. The molecule has 0 spiro atoms. The highest BCUT2D eigenvalue weighted by molar-refractivity contribution is 5.97. The lowest BCUT2D eigenvalue weighted by Gasteiger charge is -2.34. The molecule has 0 aliphatic carbocycles. The second-order valence-corrected chi connectivity index (χ2v) is 6.76. The second-order valence-electron chi connectivity index (χ2n) is 6.76. The first kappa shape index (κ1) is 17.8. The van der Waals surface area contributed by atoms with Crippen molar-refractivity contribution in [2.24, 2.45) is 11.8 Å². The van der Waals surface area contributed by atoms with Gasteiger partial charge in [0.05, 0.1) is 13.2 Å². The van der Waals surface area contributed by atoms with Crippen LogP contribution in [0.2, 0.25) is 0 Å². The molecule has 2 saturated heterocycles. The highest BCUT2D eigenvalue weighted by atomic mass is 16.5. The molecule has 6 nitrogen and oxygen atoms in total. The van der Waals surface area contributed by atoms with Crippen molar-refractivity contribution in [1.29, 1.82) is 5.26 Å². The lowest BCUT2D eigenvalue weighted by atomic mass is 9.92. The Bertz CT molecular complexity index is 456. The lowest BCUT2D eigenvalue weighted by Crippen LogP contribution is -2.41. The molecule has 0 aromatic rings. The third kappa shape index (κ3) is 5.85. The first-order chi connectivity index (χ1) is 11.1. The fraction of sp³-hybridized carbons (Fsp3) is 0.765. The van der Waals surface area contributed by atoms with Crippen LogP contribution in [0.5, 0.6) is 0 Å². The Kier molecular flexibility index (Phi) is 6.87. The third-order valence-electron chi connectivity index (χ3n) is 4.39. The Morgan fingerprint density at radius 3 is 2.57 bits per heavy atom. The summed E-state index contributed by atoms with van der Waals surface area (Å²) in [6.07, 6.45) is 2.94. The summed E-state index contributed by atoms with van der Waals surface area (Å²) in [5.74, 6) is 0.922. The Morgan fingerprint density at radius 1 is 1.30 bits per heavy atom. The van der Waals surface area contributed by atoms with Crippen molar-refractivity contribution < 1.29 is 9.53 Å². The summed E-state index contributed by atoms with van der Waals surface area (Å²) in [6.45, 7) is 10.9. The van der Waals surface area contributed by atoms with Gasteiger partial charge in [-0.25, -0.2) is 0 Å². The summed E-state index contributed by atoms with van der Waals surface area (Å²) in [6, 6.07) is 2.04. The predicted octanol–water partition coefficient (Wildman–Crippen LogP) is 0.820. The van der Waals surface area contributed by atoms with Crippen LogP contribution in [0.15, 0.2) is 11.8 Å². The van der Waals surface area contributed by atoms with Crippen molar-refractivity contribution in [3.05, 3.63) is 11.8 Å². The molecular formula is C17H28N4O2. The number of hydrogen-bond acceptors (Lipinski definition) is 5. The van der Waals surface area contributed by atoms with Crippen molar-refractivity contribution in [1.82, 2.24) is 15.1 Å². The number of nitrogens with one attached hydrogen (secondary N) is 1. The van der Waals surface area contributed by atoms with Gasteiger partial charge in [-0.2, -0.15) is 5.26 Å². The van der Waals surface area contributed by atoms with Gasteiger partial charge in [0.15, 0.2) is 0 Å². The van der Waals surface area contributed by atoms with Crippen molar-refractivity contribution in [2.45, 2.75) is 20.3 Å². The SMILES string of the molecule is CC1CC(C)CN(/C=C(/C#N)C(=O)NCCN2CCOCC2)C1. The van der Waals surface area contributed by atoms with Gasteiger partial charge in [-0.15, -0.1) is 0 Å². The quantitative estimate of drug-likeness (QED) is 0.600. The van der Waals surface area contributed by atoms with Crippen LogP contribution in [0.1, 0.15) is 20.3 Å². The topological polar surface area (TPSA) is 68.6 Å². The zero-order valence-corrected chi connectivity index (χ0v) is 14.3. The molecule has 0 radical (unpaired) electrons. The highest BCUT2D eigenvalue weighted by Crippen LogP contribution is 2.21. The molecule has 23 heavy (non-hydrogen) atoms. The van der Waals surface area contributed by atoms with Crippen molar-refractivity contribution in [3.63, 3.8) is 0 Å². The molecule has 2 fully saturated rings.